The minimum atomic E-state index is -0.855. The van der Waals surface area contributed by atoms with Crippen LogP contribution in [-0.4, -0.2) is 25.8 Å². The average Bonchev–Trinajstić information content (AvgIpc) is 2.93. The van der Waals surface area contributed by atoms with Crippen LogP contribution in [-0.2, 0) is 11.2 Å². The largest absolute Gasteiger partial charge is 0.480 e. The molecular formula is C10H9N3O3. The van der Waals surface area contributed by atoms with Crippen LogP contribution in [0.1, 0.15) is 18.3 Å². The fourth-order valence-corrected chi connectivity index (χ4v) is 2.02. The van der Waals surface area contributed by atoms with Crippen molar-refractivity contribution < 1.29 is 14.3 Å². The summed E-state index contributed by atoms with van der Waals surface area (Å²) < 4.78 is 6.86. The van der Waals surface area contributed by atoms with Crippen molar-refractivity contribution in [1.82, 2.24) is 14.8 Å². The van der Waals surface area contributed by atoms with Gasteiger partial charge in [-0.2, -0.15) is 0 Å². The summed E-state index contributed by atoms with van der Waals surface area (Å²) in [5.41, 5.74) is 0. The van der Waals surface area contributed by atoms with Crippen LogP contribution >= 0.6 is 0 Å². The van der Waals surface area contributed by atoms with Crippen LogP contribution in [0.2, 0.25) is 0 Å². The van der Waals surface area contributed by atoms with Gasteiger partial charge in [0, 0.05) is 6.42 Å². The van der Waals surface area contributed by atoms with E-state index in [1.165, 1.54) is 6.26 Å². The molecule has 0 spiro atoms. The number of carbonyl (C=O) groups is 1. The average molecular weight is 219 g/mol. The fourth-order valence-electron chi connectivity index (χ4n) is 2.02. The van der Waals surface area contributed by atoms with Gasteiger partial charge >= 0.3 is 5.97 Å². The van der Waals surface area contributed by atoms with Crippen molar-refractivity contribution >= 4 is 5.97 Å². The first kappa shape index (κ1) is 9.14. The molecule has 82 valence electrons. The molecule has 0 saturated heterocycles. The maximum atomic E-state index is 11.1. The number of furan rings is 1. The highest BCUT2D eigenvalue weighted by molar-refractivity contribution is 5.73. The maximum Gasteiger partial charge on any atom is 0.326 e. The van der Waals surface area contributed by atoms with Gasteiger partial charge in [-0.3, -0.25) is 4.57 Å². The summed E-state index contributed by atoms with van der Waals surface area (Å²) in [6.07, 6.45) is 2.74. The van der Waals surface area contributed by atoms with Crippen molar-refractivity contribution in [2.75, 3.05) is 0 Å². The maximum absolute atomic E-state index is 11.1. The third-order valence-electron chi connectivity index (χ3n) is 2.75. The zero-order chi connectivity index (χ0) is 11.1. The SMILES string of the molecule is O=C(O)C1CCc2nnc(-c3ccco3)n21. The number of aliphatic carboxylic acids is 1. The lowest BCUT2D eigenvalue weighted by atomic mass is 10.2. The molecular weight excluding hydrogens is 210 g/mol. The van der Waals surface area contributed by atoms with Crippen LogP contribution in [0.3, 0.4) is 0 Å². The molecule has 3 rings (SSSR count). The van der Waals surface area contributed by atoms with E-state index in [0.29, 0.717) is 30.3 Å². The minimum absolute atomic E-state index is 0.491. The predicted octanol–water partition coefficient (Wildman–Crippen LogP) is 1.11. The third kappa shape index (κ3) is 1.16. The van der Waals surface area contributed by atoms with E-state index >= 15 is 0 Å². The summed E-state index contributed by atoms with van der Waals surface area (Å²) in [6, 6.07) is 2.90. The van der Waals surface area contributed by atoms with Crippen molar-refractivity contribution in [1.29, 1.82) is 0 Å². The Balaban J connectivity index is 2.13. The Morgan fingerprint density at radius 2 is 2.44 bits per heavy atom. The molecule has 1 atom stereocenters. The normalized spacial score (nSPS) is 18.6. The van der Waals surface area contributed by atoms with Gasteiger partial charge in [-0.15, -0.1) is 10.2 Å². The molecule has 2 aromatic rings. The van der Waals surface area contributed by atoms with Gasteiger partial charge in [-0.25, -0.2) is 4.79 Å². The lowest BCUT2D eigenvalue weighted by Crippen LogP contribution is -2.15. The smallest absolute Gasteiger partial charge is 0.326 e. The number of fused-ring (bicyclic) bond motifs is 1. The summed E-state index contributed by atoms with van der Waals surface area (Å²) in [6.45, 7) is 0. The van der Waals surface area contributed by atoms with Crippen LogP contribution in [0, 0.1) is 0 Å². The number of hydrogen-bond acceptors (Lipinski definition) is 4. The molecule has 0 fully saturated rings. The molecule has 1 N–H and O–H groups in total. The van der Waals surface area contributed by atoms with Gasteiger partial charge in [0.2, 0.25) is 5.82 Å². The summed E-state index contributed by atoms with van der Waals surface area (Å²) in [5, 5.41) is 17.0. The third-order valence-corrected chi connectivity index (χ3v) is 2.75. The van der Waals surface area contributed by atoms with Gasteiger partial charge in [0.05, 0.1) is 6.26 Å². The van der Waals surface area contributed by atoms with E-state index in [-0.39, 0.29) is 0 Å². The first-order valence-electron chi connectivity index (χ1n) is 4.98. The van der Waals surface area contributed by atoms with E-state index in [9.17, 15) is 4.79 Å². The van der Waals surface area contributed by atoms with Crippen LogP contribution in [0.5, 0.6) is 0 Å². The summed E-state index contributed by atoms with van der Waals surface area (Å²) >= 11 is 0. The van der Waals surface area contributed by atoms with Crippen molar-refractivity contribution in [3.8, 4) is 11.6 Å². The highest BCUT2D eigenvalue weighted by Gasteiger charge is 2.33. The molecule has 0 aliphatic carbocycles. The topological polar surface area (TPSA) is 81.2 Å². The first-order valence-corrected chi connectivity index (χ1v) is 4.98. The van der Waals surface area contributed by atoms with Gasteiger partial charge in [-0.05, 0) is 18.6 Å². The molecule has 16 heavy (non-hydrogen) atoms. The highest BCUT2D eigenvalue weighted by atomic mass is 16.4. The molecule has 0 aromatic carbocycles. The summed E-state index contributed by atoms with van der Waals surface area (Å²) in [7, 11) is 0. The fraction of sp³-hybridized carbons (Fsp3) is 0.300. The monoisotopic (exact) mass is 219 g/mol. The molecule has 1 aliphatic rings. The first-order chi connectivity index (χ1) is 7.77. The van der Waals surface area contributed by atoms with Gasteiger partial charge in [-0.1, -0.05) is 0 Å². The van der Waals surface area contributed by atoms with Gasteiger partial charge in [0.25, 0.3) is 0 Å². The molecule has 6 nitrogen and oxygen atoms in total. The van der Waals surface area contributed by atoms with Gasteiger partial charge < -0.3 is 9.52 Å². The zero-order valence-corrected chi connectivity index (χ0v) is 8.33. The van der Waals surface area contributed by atoms with Crippen molar-refractivity contribution in [3.05, 3.63) is 24.2 Å². The number of rotatable bonds is 2. The molecule has 1 unspecified atom stereocenters. The summed E-state index contributed by atoms with van der Waals surface area (Å²) in [5.74, 6) is 0.891. The number of aryl methyl sites for hydroxylation is 1. The van der Waals surface area contributed by atoms with Crippen LogP contribution in [0.15, 0.2) is 22.8 Å². The lowest BCUT2D eigenvalue weighted by molar-refractivity contribution is -0.140. The highest BCUT2D eigenvalue weighted by Crippen LogP contribution is 2.31. The standard InChI is InChI=1S/C10H9N3O3/c14-10(15)6-3-4-8-11-12-9(13(6)8)7-2-1-5-16-7/h1-2,5-6H,3-4H2,(H,14,15). The number of hydrogen-bond donors (Lipinski definition) is 1. The quantitative estimate of drug-likeness (QED) is 0.818. The van der Waals surface area contributed by atoms with Crippen LogP contribution in [0.25, 0.3) is 11.6 Å². The molecule has 0 amide bonds. The number of nitrogens with zero attached hydrogens (tertiary/aromatic N) is 3. The predicted molar refractivity (Wildman–Crippen MR) is 52.7 cm³/mol. The second-order valence-electron chi connectivity index (χ2n) is 3.68. The van der Waals surface area contributed by atoms with Crippen LogP contribution < -0.4 is 0 Å². The van der Waals surface area contributed by atoms with E-state index in [1.807, 2.05) is 0 Å². The van der Waals surface area contributed by atoms with Crippen molar-refractivity contribution in [2.45, 2.75) is 18.9 Å². The molecule has 6 heteroatoms. The molecule has 3 heterocycles. The second kappa shape index (κ2) is 3.19. The van der Waals surface area contributed by atoms with E-state index in [4.69, 9.17) is 9.52 Å². The second-order valence-corrected chi connectivity index (χ2v) is 3.68. The lowest BCUT2D eigenvalue weighted by Gasteiger charge is -2.08. The van der Waals surface area contributed by atoms with Crippen molar-refractivity contribution in [2.24, 2.45) is 0 Å². The molecule has 0 bridgehead atoms. The van der Waals surface area contributed by atoms with E-state index in [2.05, 4.69) is 10.2 Å². The van der Waals surface area contributed by atoms with E-state index < -0.39 is 12.0 Å². The molecule has 0 saturated carbocycles. The minimum Gasteiger partial charge on any atom is -0.480 e. The van der Waals surface area contributed by atoms with Gasteiger partial charge in [0.15, 0.2) is 5.76 Å². The van der Waals surface area contributed by atoms with E-state index in [0.717, 1.165) is 0 Å². The van der Waals surface area contributed by atoms with Crippen LogP contribution in [0.4, 0.5) is 0 Å². The van der Waals surface area contributed by atoms with E-state index in [1.54, 1.807) is 16.7 Å². The molecule has 1 aliphatic heterocycles. The number of carboxylic acid groups (broad SMARTS) is 1. The zero-order valence-electron chi connectivity index (χ0n) is 8.33. The Morgan fingerprint density at radius 1 is 1.56 bits per heavy atom. The summed E-state index contributed by atoms with van der Waals surface area (Å²) in [4.78, 5) is 11.1. The van der Waals surface area contributed by atoms with Gasteiger partial charge in [0.1, 0.15) is 11.9 Å². The Labute approximate surface area is 90.5 Å². The number of aromatic nitrogens is 3. The Bertz CT molecular complexity index is 530. The Morgan fingerprint density at radius 3 is 3.12 bits per heavy atom. The Hall–Kier alpha value is -2.11. The Kier molecular flexibility index (Phi) is 1.82. The molecule has 2 aromatic heterocycles. The number of carboxylic acids is 1. The van der Waals surface area contributed by atoms with Crippen molar-refractivity contribution in [3.63, 3.8) is 0 Å². The molecule has 0 radical (unpaired) electrons.